The van der Waals surface area contributed by atoms with E-state index >= 15 is 0 Å². The Bertz CT molecular complexity index is 3220. The van der Waals surface area contributed by atoms with E-state index < -0.39 is 23.7 Å². The average Bonchev–Trinajstić information content (AvgIpc) is 0.743. The molecule has 8 aromatic carbocycles. The van der Waals surface area contributed by atoms with Gasteiger partial charge >= 0.3 is 0 Å². The predicted molar refractivity (Wildman–Crippen MR) is 421 cm³/mol. The van der Waals surface area contributed by atoms with Crippen LogP contribution in [0.5, 0.6) is 69.0 Å². The topological polar surface area (TPSA) is 199 Å². The molecule has 0 unspecified atom stereocenters. The van der Waals surface area contributed by atoms with Gasteiger partial charge in [0, 0.05) is 92.4 Å². The summed E-state index contributed by atoms with van der Waals surface area (Å²) in [7, 11) is 0. The maximum Gasteiger partial charge on any atom is 0.123 e. The normalized spacial score (nSPS) is 14.9. The lowest BCUT2D eigenvalue weighted by Gasteiger charge is -2.30. The van der Waals surface area contributed by atoms with Crippen LogP contribution in [0.1, 0.15) is 324 Å². The van der Waals surface area contributed by atoms with E-state index in [1.54, 1.807) is 24.3 Å². The molecular formula is C92H120O12. The second-order valence-electron chi connectivity index (χ2n) is 29.2. The molecule has 0 saturated heterocycles. The summed E-state index contributed by atoms with van der Waals surface area (Å²) < 4.78 is 25.4. The molecule has 8 aromatic rings. The zero-order chi connectivity index (χ0) is 73.4. The molecule has 0 atom stereocenters. The number of unbranched alkanes of at least 4 members (excludes halogenated alkanes) is 28. The van der Waals surface area contributed by atoms with Crippen LogP contribution < -0.4 is 18.9 Å². The van der Waals surface area contributed by atoms with Gasteiger partial charge in [0.1, 0.15) is 69.0 Å². The van der Waals surface area contributed by atoms with Gasteiger partial charge in [-0.05, 0) is 121 Å². The van der Waals surface area contributed by atoms with Crippen LogP contribution in [0.15, 0.2) is 146 Å². The summed E-state index contributed by atoms with van der Waals surface area (Å²) >= 11 is 0. The number of phenolic OH excluding ortho intramolecular Hbond substituents is 8. The van der Waals surface area contributed by atoms with Crippen molar-refractivity contribution in [2.75, 3.05) is 26.4 Å². The zero-order valence-electron chi connectivity index (χ0n) is 62.8. The Kier molecular flexibility index (Phi) is 32.4. The first-order valence-corrected chi connectivity index (χ1v) is 40.0. The van der Waals surface area contributed by atoms with Crippen molar-refractivity contribution in [3.05, 3.63) is 212 Å². The van der Waals surface area contributed by atoms with E-state index in [1.165, 1.54) is 153 Å². The van der Waals surface area contributed by atoms with Crippen LogP contribution in [-0.4, -0.2) is 67.3 Å². The van der Waals surface area contributed by atoms with Crippen LogP contribution >= 0.6 is 0 Å². The molecule has 0 radical (unpaired) electrons. The minimum absolute atomic E-state index is 0.269. The highest BCUT2D eigenvalue weighted by Gasteiger charge is 2.36. The van der Waals surface area contributed by atoms with Crippen LogP contribution in [0.3, 0.4) is 0 Å². The van der Waals surface area contributed by atoms with E-state index in [0.717, 1.165) is 77.0 Å². The number of fused-ring (bicyclic) bond motifs is 8. The molecule has 1 aliphatic rings. The predicted octanol–water partition coefficient (Wildman–Crippen LogP) is 24.4. The minimum atomic E-state index is -1.02. The van der Waals surface area contributed by atoms with Crippen molar-refractivity contribution in [1.82, 2.24) is 0 Å². The Balaban J connectivity index is 1.20. The van der Waals surface area contributed by atoms with E-state index in [9.17, 15) is 40.9 Å². The lowest BCUT2D eigenvalue weighted by Crippen LogP contribution is -2.13. The second kappa shape index (κ2) is 42.3. The van der Waals surface area contributed by atoms with E-state index in [1.807, 2.05) is 97.1 Å². The summed E-state index contributed by atoms with van der Waals surface area (Å²) in [5.41, 5.74) is 4.61. The number of hydrogen-bond acceptors (Lipinski definition) is 12. The molecule has 0 heterocycles. The van der Waals surface area contributed by atoms with E-state index in [0.29, 0.717) is 71.7 Å². The number of aromatic hydroxyl groups is 8. The summed E-state index contributed by atoms with van der Waals surface area (Å²) in [4.78, 5) is 0. The van der Waals surface area contributed by atoms with Gasteiger partial charge in [0.25, 0.3) is 0 Å². The van der Waals surface area contributed by atoms with Gasteiger partial charge in [0.05, 0.1) is 26.4 Å². The van der Waals surface area contributed by atoms with Crippen LogP contribution in [0, 0.1) is 0 Å². The van der Waals surface area contributed by atoms with Crippen molar-refractivity contribution in [3.8, 4) is 69.0 Å². The van der Waals surface area contributed by atoms with Crippen molar-refractivity contribution in [1.29, 1.82) is 0 Å². The summed E-state index contributed by atoms with van der Waals surface area (Å²) in [5.74, 6) is -3.92. The molecule has 0 aromatic heterocycles. The Labute approximate surface area is 621 Å². The molecule has 8 N–H and O–H groups in total. The SMILES string of the molecule is CCCCCCCCCCOc1ccc(C2c3cc(c(O)cc3O)C(c3ccc(OCCCCCCCCCC)cc3)c3cc(c(O)cc3O)C(c3ccc(OCCCCCCCCCC)cc3)c3cc(c(O)cc3O)C(c3ccc(OCCCCCCCCCC)cc3)c3cc2c(O)cc3O)cc1. The van der Waals surface area contributed by atoms with Crippen LogP contribution in [0.25, 0.3) is 0 Å². The first kappa shape index (κ1) is 79.5. The number of ether oxygens (including phenoxy) is 4. The maximum absolute atomic E-state index is 12.6. The first-order valence-electron chi connectivity index (χ1n) is 40.0. The molecular weight excluding hydrogens is 1300 g/mol. The third-order valence-electron chi connectivity index (χ3n) is 21.1. The highest BCUT2D eigenvalue weighted by atomic mass is 16.5. The summed E-state index contributed by atoms with van der Waals surface area (Å²) in [5, 5.41) is 101. The van der Waals surface area contributed by atoms with Gasteiger partial charge in [-0.1, -0.05) is 256 Å². The highest BCUT2D eigenvalue weighted by molar-refractivity contribution is 5.67. The van der Waals surface area contributed by atoms with E-state index in [-0.39, 0.29) is 90.5 Å². The van der Waals surface area contributed by atoms with Crippen molar-refractivity contribution < 1.29 is 59.8 Å². The van der Waals surface area contributed by atoms with Gasteiger partial charge < -0.3 is 59.8 Å². The third-order valence-corrected chi connectivity index (χ3v) is 21.1. The minimum Gasteiger partial charge on any atom is -0.507 e. The van der Waals surface area contributed by atoms with Crippen molar-refractivity contribution in [2.45, 2.75) is 257 Å². The Morgan fingerprint density at radius 2 is 0.337 bits per heavy atom. The molecule has 12 nitrogen and oxygen atoms in total. The molecule has 12 heteroatoms. The molecule has 0 aliphatic heterocycles. The summed E-state index contributed by atoms with van der Waals surface area (Å²) in [6.45, 7) is 11.0. The highest BCUT2D eigenvalue weighted by Crippen LogP contribution is 2.54. The molecule has 560 valence electrons. The Hall–Kier alpha value is -8.64. The fourth-order valence-electron chi connectivity index (χ4n) is 15.1. The first-order chi connectivity index (χ1) is 50.8. The molecule has 104 heavy (non-hydrogen) atoms. The van der Waals surface area contributed by atoms with Gasteiger partial charge in [0.2, 0.25) is 0 Å². The van der Waals surface area contributed by atoms with E-state index in [4.69, 9.17) is 18.9 Å². The number of phenols is 8. The van der Waals surface area contributed by atoms with Gasteiger partial charge in [-0.2, -0.15) is 0 Å². The molecule has 1 aliphatic carbocycles. The van der Waals surface area contributed by atoms with Crippen molar-refractivity contribution in [3.63, 3.8) is 0 Å². The van der Waals surface area contributed by atoms with Crippen LogP contribution in [0.4, 0.5) is 0 Å². The molecule has 9 rings (SSSR count). The molecule has 0 saturated carbocycles. The van der Waals surface area contributed by atoms with Crippen molar-refractivity contribution in [2.24, 2.45) is 0 Å². The van der Waals surface area contributed by atoms with Gasteiger partial charge in [-0.3, -0.25) is 0 Å². The molecule has 8 bridgehead atoms. The monoisotopic (exact) mass is 1420 g/mol. The fourth-order valence-corrected chi connectivity index (χ4v) is 15.1. The van der Waals surface area contributed by atoms with Gasteiger partial charge in [-0.15, -0.1) is 0 Å². The number of hydrogen-bond donors (Lipinski definition) is 8. The fraction of sp³-hybridized carbons (Fsp3) is 0.478. The van der Waals surface area contributed by atoms with Crippen molar-refractivity contribution >= 4 is 0 Å². The molecule has 0 spiro atoms. The van der Waals surface area contributed by atoms with E-state index in [2.05, 4.69) is 27.7 Å². The van der Waals surface area contributed by atoms with Crippen LogP contribution in [0.2, 0.25) is 0 Å². The van der Waals surface area contributed by atoms with Gasteiger partial charge in [-0.25, -0.2) is 0 Å². The second-order valence-corrected chi connectivity index (χ2v) is 29.2. The summed E-state index contributed by atoms with van der Waals surface area (Å²) in [6, 6.07) is 42.1. The van der Waals surface area contributed by atoms with Gasteiger partial charge in [0.15, 0.2) is 0 Å². The lowest BCUT2D eigenvalue weighted by atomic mass is 9.75. The largest absolute Gasteiger partial charge is 0.507 e. The number of rotatable bonds is 44. The average molecular weight is 1420 g/mol. The quantitative estimate of drug-likeness (QED) is 0.0168. The summed E-state index contributed by atoms with van der Waals surface area (Å²) in [6.07, 6.45) is 37.2. The lowest BCUT2D eigenvalue weighted by molar-refractivity contribution is 0.304. The Morgan fingerprint density at radius 3 is 0.490 bits per heavy atom. The molecule has 0 fully saturated rings. The molecule has 0 amide bonds. The Morgan fingerprint density at radius 1 is 0.192 bits per heavy atom. The number of benzene rings is 8. The third kappa shape index (κ3) is 22.7. The van der Waals surface area contributed by atoms with Crippen LogP contribution in [-0.2, 0) is 0 Å². The smallest absolute Gasteiger partial charge is 0.123 e. The maximum atomic E-state index is 12.6. The zero-order valence-corrected chi connectivity index (χ0v) is 62.8. The standard InChI is InChI=1S/C92H120O12/c1-5-9-13-17-21-25-29-33-53-101-69-45-37-65(38-46-69)89-73-57-75(83(95)61-81(73)93)90(66-39-47-70(48-40-66)102-54-34-30-26-22-18-14-10-6-2)77-59-79(87(99)63-85(77)97)92(68-43-51-72(52-44-68)104-56-36-32-28-24-20-16-12-8-4)80-60-78(86(98)64-88(80)100)91(76-58-74(89)82(94)62-84(76)96)67-41-49-71(50-42-67)103-55-35-31-27-23-19-15-11-7-3/h37-52,57-64,89-100H,5-36,53-56H2,1-4H3.